The minimum atomic E-state index is 0.514. The van der Waals surface area contributed by atoms with Crippen LogP contribution in [0.3, 0.4) is 0 Å². The Bertz CT molecular complexity index is 1150. The fraction of sp³-hybridized carbons (Fsp3) is 0.158. The quantitative estimate of drug-likeness (QED) is 0.393. The summed E-state index contributed by atoms with van der Waals surface area (Å²) in [5.41, 5.74) is 6.65. The molecule has 0 aliphatic heterocycles. The fourth-order valence-corrected chi connectivity index (χ4v) is 4.14. The highest BCUT2D eigenvalue weighted by Crippen LogP contribution is 2.32. The van der Waals surface area contributed by atoms with Gasteiger partial charge in [0, 0.05) is 4.88 Å². The zero-order valence-electron chi connectivity index (χ0n) is 15.1. The molecule has 3 aromatic heterocycles. The van der Waals surface area contributed by atoms with Crippen molar-refractivity contribution >= 4 is 45.2 Å². The Hall–Kier alpha value is -2.77. The van der Waals surface area contributed by atoms with E-state index in [1.54, 1.807) is 28.6 Å². The van der Waals surface area contributed by atoms with Gasteiger partial charge in [0.1, 0.15) is 16.3 Å². The third kappa shape index (κ3) is 3.20. The van der Waals surface area contributed by atoms with Crippen molar-refractivity contribution in [3.05, 3.63) is 63.5 Å². The zero-order chi connectivity index (χ0) is 19.0. The third-order valence-electron chi connectivity index (χ3n) is 4.38. The van der Waals surface area contributed by atoms with Crippen molar-refractivity contribution in [2.45, 2.75) is 20.8 Å². The molecule has 0 spiro atoms. The molecule has 0 unspecified atom stereocenters. The number of hydrogen-bond donors (Lipinski definition) is 1. The smallest absolute Gasteiger partial charge is 0.158 e. The van der Waals surface area contributed by atoms with Crippen LogP contribution in [0.2, 0.25) is 5.15 Å². The Morgan fingerprint density at radius 2 is 1.93 bits per heavy atom. The summed E-state index contributed by atoms with van der Waals surface area (Å²) in [5.74, 6) is 0.683. The lowest BCUT2D eigenvalue weighted by Crippen LogP contribution is -1.97. The maximum absolute atomic E-state index is 6.53. The molecule has 4 aromatic rings. The van der Waals surface area contributed by atoms with Crippen molar-refractivity contribution < 1.29 is 0 Å². The van der Waals surface area contributed by atoms with E-state index in [9.17, 15) is 0 Å². The summed E-state index contributed by atoms with van der Waals surface area (Å²) in [4.78, 5) is 10.8. The van der Waals surface area contributed by atoms with Crippen molar-refractivity contribution in [2.75, 3.05) is 5.43 Å². The molecule has 3 heterocycles. The number of hydrazone groups is 1. The summed E-state index contributed by atoms with van der Waals surface area (Å²) in [5, 5.41) is 10.4. The summed E-state index contributed by atoms with van der Waals surface area (Å²) in [7, 11) is 0. The summed E-state index contributed by atoms with van der Waals surface area (Å²) in [6.45, 7) is 6.05. The molecule has 0 radical (unpaired) electrons. The van der Waals surface area contributed by atoms with Crippen LogP contribution in [0.1, 0.15) is 21.7 Å². The van der Waals surface area contributed by atoms with Crippen molar-refractivity contribution in [1.29, 1.82) is 0 Å². The van der Waals surface area contributed by atoms with Crippen molar-refractivity contribution in [3.8, 4) is 5.69 Å². The number of nitrogens with one attached hydrogen (secondary N) is 1. The third-order valence-corrected chi connectivity index (χ3v) is 5.86. The number of nitrogens with zero attached hydrogens (tertiary/aromatic N) is 5. The summed E-state index contributed by atoms with van der Waals surface area (Å²) >= 11 is 8.18. The Labute approximate surface area is 165 Å². The number of hydrogen-bond acceptors (Lipinski definition) is 6. The number of para-hydroxylation sites is 1. The first kappa shape index (κ1) is 17.6. The van der Waals surface area contributed by atoms with Gasteiger partial charge in [-0.05, 0) is 38.5 Å². The van der Waals surface area contributed by atoms with Crippen LogP contribution in [0.25, 0.3) is 15.9 Å². The maximum atomic E-state index is 6.53. The molecule has 8 heteroatoms. The molecule has 0 aliphatic carbocycles. The lowest BCUT2D eigenvalue weighted by molar-refractivity contribution is 0.863. The van der Waals surface area contributed by atoms with Gasteiger partial charge in [0.05, 0.1) is 28.5 Å². The Balaban J connectivity index is 1.64. The SMILES string of the molecule is Cc1nn(-c2ccccc2)c(Cl)c1C=NNc1ncnc2sc(C)c(C)c12. The van der Waals surface area contributed by atoms with Crippen molar-refractivity contribution in [1.82, 2.24) is 19.7 Å². The molecule has 0 atom stereocenters. The number of thiophene rings is 1. The van der Waals surface area contributed by atoms with E-state index in [1.807, 2.05) is 37.3 Å². The molecule has 0 aliphatic rings. The van der Waals surface area contributed by atoms with Crippen LogP contribution in [0.15, 0.2) is 41.8 Å². The number of fused-ring (bicyclic) bond motifs is 1. The average molecular weight is 397 g/mol. The number of anilines is 1. The molecule has 1 N–H and O–H groups in total. The summed E-state index contributed by atoms with van der Waals surface area (Å²) in [6, 6.07) is 9.76. The van der Waals surface area contributed by atoms with Crippen LogP contribution < -0.4 is 5.43 Å². The van der Waals surface area contributed by atoms with Gasteiger partial charge in [0.25, 0.3) is 0 Å². The van der Waals surface area contributed by atoms with E-state index in [0.29, 0.717) is 11.0 Å². The molecule has 0 bridgehead atoms. The number of benzene rings is 1. The summed E-state index contributed by atoms with van der Waals surface area (Å²) in [6.07, 6.45) is 3.22. The second kappa shape index (κ2) is 7.09. The minimum Gasteiger partial charge on any atom is -0.261 e. The first-order valence-electron chi connectivity index (χ1n) is 8.36. The van der Waals surface area contributed by atoms with Gasteiger partial charge in [0.2, 0.25) is 0 Å². The molecule has 27 heavy (non-hydrogen) atoms. The van der Waals surface area contributed by atoms with Gasteiger partial charge in [-0.1, -0.05) is 29.8 Å². The van der Waals surface area contributed by atoms with Crippen molar-refractivity contribution in [2.24, 2.45) is 5.10 Å². The van der Waals surface area contributed by atoms with E-state index >= 15 is 0 Å². The first-order chi connectivity index (χ1) is 13.1. The average Bonchev–Trinajstić information content (AvgIpc) is 3.13. The molecule has 0 saturated carbocycles. The second-order valence-electron chi connectivity index (χ2n) is 6.09. The standard InChI is InChI=1S/C19H17ClN6S/c1-11-13(3)27-19-16(11)18(21-10-22-19)24-23-9-15-12(2)25-26(17(15)20)14-7-5-4-6-8-14/h4-10H,1-3H3,(H,21,22,24). The van der Waals surface area contributed by atoms with E-state index < -0.39 is 0 Å². The maximum Gasteiger partial charge on any atom is 0.158 e. The molecule has 1 aromatic carbocycles. The highest BCUT2D eigenvalue weighted by molar-refractivity contribution is 7.18. The van der Waals surface area contributed by atoms with E-state index in [4.69, 9.17) is 11.6 Å². The second-order valence-corrected chi connectivity index (χ2v) is 7.65. The van der Waals surface area contributed by atoms with E-state index in [2.05, 4.69) is 39.4 Å². The highest BCUT2D eigenvalue weighted by Gasteiger charge is 2.14. The highest BCUT2D eigenvalue weighted by atomic mass is 35.5. The van der Waals surface area contributed by atoms with Crippen LogP contribution in [0.5, 0.6) is 0 Å². The molecule has 0 fully saturated rings. The number of aryl methyl sites for hydroxylation is 3. The largest absolute Gasteiger partial charge is 0.261 e. The molecule has 136 valence electrons. The molecule has 4 rings (SSSR count). The number of aromatic nitrogens is 4. The minimum absolute atomic E-state index is 0.514. The van der Waals surface area contributed by atoms with E-state index in [0.717, 1.165) is 27.2 Å². The first-order valence-corrected chi connectivity index (χ1v) is 9.56. The molecule has 0 saturated heterocycles. The molecule has 6 nitrogen and oxygen atoms in total. The monoisotopic (exact) mass is 396 g/mol. The molecular formula is C19H17ClN6S. The van der Waals surface area contributed by atoms with Gasteiger partial charge < -0.3 is 0 Å². The predicted molar refractivity (Wildman–Crippen MR) is 111 cm³/mol. The lowest BCUT2D eigenvalue weighted by Gasteiger charge is -2.02. The van der Waals surface area contributed by atoms with Gasteiger partial charge in [-0.25, -0.2) is 14.6 Å². The van der Waals surface area contributed by atoms with Gasteiger partial charge >= 0.3 is 0 Å². The van der Waals surface area contributed by atoms with Crippen LogP contribution in [-0.2, 0) is 0 Å². The van der Waals surface area contributed by atoms with Crippen LogP contribution in [-0.4, -0.2) is 26.0 Å². The Morgan fingerprint density at radius 1 is 1.15 bits per heavy atom. The number of rotatable bonds is 4. The van der Waals surface area contributed by atoms with Gasteiger partial charge in [-0.15, -0.1) is 11.3 Å². The van der Waals surface area contributed by atoms with Gasteiger partial charge in [0.15, 0.2) is 5.82 Å². The molecule has 0 amide bonds. The number of halogens is 1. The van der Waals surface area contributed by atoms with Crippen LogP contribution in [0, 0.1) is 20.8 Å². The van der Waals surface area contributed by atoms with Crippen molar-refractivity contribution in [3.63, 3.8) is 0 Å². The Morgan fingerprint density at radius 3 is 2.70 bits per heavy atom. The zero-order valence-corrected chi connectivity index (χ0v) is 16.6. The lowest BCUT2D eigenvalue weighted by atomic mass is 10.2. The van der Waals surface area contributed by atoms with Gasteiger partial charge in [-0.2, -0.15) is 10.2 Å². The molecular weight excluding hydrogens is 380 g/mol. The summed E-state index contributed by atoms with van der Waals surface area (Å²) < 4.78 is 1.70. The fourth-order valence-electron chi connectivity index (χ4n) is 2.82. The van der Waals surface area contributed by atoms with E-state index in [1.165, 1.54) is 10.4 Å². The van der Waals surface area contributed by atoms with Crippen LogP contribution >= 0.6 is 22.9 Å². The van der Waals surface area contributed by atoms with E-state index in [-0.39, 0.29) is 0 Å². The predicted octanol–water partition coefficient (Wildman–Crippen LogP) is 4.90. The van der Waals surface area contributed by atoms with Gasteiger partial charge in [-0.3, -0.25) is 5.43 Å². The van der Waals surface area contributed by atoms with Crippen LogP contribution in [0.4, 0.5) is 5.82 Å². The Kier molecular flexibility index (Phi) is 4.63. The topological polar surface area (TPSA) is 68.0 Å². The normalized spacial score (nSPS) is 11.6.